The molecule has 0 radical (unpaired) electrons. The Balaban J connectivity index is 2.36. The minimum atomic E-state index is -0.488. The highest BCUT2D eigenvalue weighted by atomic mass is 35.5. The molecule has 2 rings (SSSR count). The van der Waals surface area contributed by atoms with Gasteiger partial charge in [0.2, 0.25) is 0 Å². The number of aliphatic hydroxyl groups excluding tert-OH is 1. The molecular formula is C17H20ClNO. The smallest absolute Gasteiger partial charge is 0.0854 e. The number of halogens is 1. The van der Waals surface area contributed by atoms with E-state index >= 15 is 0 Å². The van der Waals surface area contributed by atoms with Gasteiger partial charge in [0, 0.05) is 10.7 Å². The van der Waals surface area contributed by atoms with E-state index in [1.165, 1.54) is 5.56 Å². The first kappa shape index (κ1) is 14.9. The summed E-state index contributed by atoms with van der Waals surface area (Å²) in [5.74, 6) is 0. The first-order valence-corrected chi connectivity index (χ1v) is 7.19. The van der Waals surface area contributed by atoms with Gasteiger partial charge in [-0.15, -0.1) is 0 Å². The van der Waals surface area contributed by atoms with Crippen LogP contribution in [0.4, 0.5) is 5.69 Å². The summed E-state index contributed by atoms with van der Waals surface area (Å²) in [6.07, 6.45) is 0.777. The van der Waals surface area contributed by atoms with E-state index < -0.39 is 5.54 Å². The van der Waals surface area contributed by atoms with Crippen molar-refractivity contribution in [3.63, 3.8) is 0 Å². The molecule has 2 nitrogen and oxygen atoms in total. The number of benzene rings is 2. The van der Waals surface area contributed by atoms with Gasteiger partial charge in [-0.3, -0.25) is 0 Å². The summed E-state index contributed by atoms with van der Waals surface area (Å²) in [6, 6.07) is 15.8. The van der Waals surface area contributed by atoms with Crippen molar-refractivity contribution in [2.24, 2.45) is 0 Å². The van der Waals surface area contributed by atoms with Crippen LogP contribution in [0.3, 0.4) is 0 Å². The molecule has 0 saturated carbocycles. The molecule has 20 heavy (non-hydrogen) atoms. The quantitative estimate of drug-likeness (QED) is 0.857. The molecule has 0 aliphatic heterocycles. The third kappa shape index (κ3) is 3.14. The maximum atomic E-state index is 9.93. The van der Waals surface area contributed by atoms with Gasteiger partial charge < -0.3 is 10.4 Å². The fourth-order valence-corrected chi connectivity index (χ4v) is 2.51. The Morgan fingerprint density at radius 3 is 2.40 bits per heavy atom. The highest BCUT2D eigenvalue weighted by Crippen LogP contribution is 2.30. The SMILES string of the molecule is CCC(CO)(Nc1cccc(Cl)c1)c1ccc(C)cc1. The molecule has 0 saturated heterocycles. The zero-order valence-electron chi connectivity index (χ0n) is 11.9. The summed E-state index contributed by atoms with van der Waals surface area (Å²) < 4.78 is 0. The van der Waals surface area contributed by atoms with Crippen LogP contribution in [-0.4, -0.2) is 11.7 Å². The molecule has 0 amide bonds. The van der Waals surface area contributed by atoms with Crippen LogP contribution in [0.1, 0.15) is 24.5 Å². The lowest BCUT2D eigenvalue weighted by Crippen LogP contribution is -2.38. The van der Waals surface area contributed by atoms with Gasteiger partial charge in [0.15, 0.2) is 0 Å². The lowest BCUT2D eigenvalue weighted by atomic mass is 9.87. The highest BCUT2D eigenvalue weighted by molar-refractivity contribution is 6.30. The summed E-state index contributed by atoms with van der Waals surface area (Å²) in [5.41, 5.74) is 2.71. The van der Waals surface area contributed by atoms with Crippen molar-refractivity contribution in [2.75, 3.05) is 11.9 Å². The molecule has 0 spiro atoms. The second kappa shape index (κ2) is 6.29. The Morgan fingerprint density at radius 2 is 1.85 bits per heavy atom. The van der Waals surface area contributed by atoms with Crippen molar-refractivity contribution >= 4 is 17.3 Å². The molecule has 1 unspecified atom stereocenters. The van der Waals surface area contributed by atoms with E-state index in [9.17, 15) is 5.11 Å². The van der Waals surface area contributed by atoms with Gasteiger partial charge in [0.05, 0.1) is 12.1 Å². The normalized spacial score (nSPS) is 13.8. The average molecular weight is 290 g/mol. The van der Waals surface area contributed by atoms with Crippen LogP contribution in [0.5, 0.6) is 0 Å². The lowest BCUT2D eigenvalue weighted by Gasteiger charge is -2.34. The third-order valence-corrected chi connectivity index (χ3v) is 3.92. The molecule has 2 N–H and O–H groups in total. The highest BCUT2D eigenvalue weighted by Gasteiger charge is 2.29. The fraction of sp³-hybridized carbons (Fsp3) is 0.294. The topological polar surface area (TPSA) is 32.3 Å². The van der Waals surface area contributed by atoms with Crippen molar-refractivity contribution in [1.82, 2.24) is 0 Å². The first-order chi connectivity index (χ1) is 9.59. The number of aryl methyl sites for hydroxylation is 1. The second-order valence-corrected chi connectivity index (χ2v) is 5.53. The van der Waals surface area contributed by atoms with E-state index in [-0.39, 0.29) is 6.61 Å². The molecule has 2 aromatic rings. The Labute approximate surface area is 125 Å². The van der Waals surface area contributed by atoms with Crippen molar-refractivity contribution in [3.8, 4) is 0 Å². The molecule has 0 bridgehead atoms. The molecule has 2 aromatic carbocycles. The summed E-state index contributed by atoms with van der Waals surface area (Å²) >= 11 is 6.02. The first-order valence-electron chi connectivity index (χ1n) is 6.81. The van der Waals surface area contributed by atoms with Gasteiger partial charge >= 0.3 is 0 Å². The van der Waals surface area contributed by atoms with E-state index in [1.54, 1.807) is 0 Å². The molecular weight excluding hydrogens is 270 g/mol. The summed E-state index contributed by atoms with van der Waals surface area (Å²) in [4.78, 5) is 0. The Bertz CT molecular complexity index is 561. The number of aliphatic hydroxyl groups is 1. The minimum Gasteiger partial charge on any atom is -0.394 e. The molecule has 3 heteroatoms. The van der Waals surface area contributed by atoms with Gasteiger partial charge in [0.1, 0.15) is 0 Å². The predicted octanol–water partition coefficient (Wildman–Crippen LogP) is 4.36. The van der Waals surface area contributed by atoms with Gasteiger partial charge in [-0.25, -0.2) is 0 Å². The molecule has 106 valence electrons. The Hall–Kier alpha value is -1.51. The van der Waals surface area contributed by atoms with Crippen LogP contribution in [0, 0.1) is 6.92 Å². The summed E-state index contributed by atoms with van der Waals surface area (Å²) in [6.45, 7) is 4.15. The van der Waals surface area contributed by atoms with E-state index in [2.05, 4.69) is 43.4 Å². The standard InChI is InChI=1S/C17H20ClNO/c1-3-17(12-20,14-9-7-13(2)8-10-14)19-16-6-4-5-15(18)11-16/h4-11,19-20H,3,12H2,1-2H3. The number of hydrogen-bond acceptors (Lipinski definition) is 2. The van der Waals surface area contributed by atoms with Gasteiger partial charge in [-0.1, -0.05) is 54.4 Å². The van der Waals surface area contributed by atoms with Crippen molar-refractivity contribution < 1.29 is 5.11 Å². The molecule has 0 heterocycles. The zero-order valence-corrected chi connectivity index (χ0v) is 12.6. The zero-order chi connectivity index (χ0) is 14.6. The molecule has 0 aliphatic carbocycles. The molecule has 0 aliphatic rings. The lowest BCUT2D eigenvalue weighted by molar-refractivity contribution is 0.207. The van der Waals surface area contributed by atoms with Crippen LogP contribution in [0.2, 0.25) is 5.02 Å². The van der Waals surface area contributed by atoms with Crippen LogP contribution in [0.15, 0.2) is 48.5 Å². The van der Waals surface area contributed by atoms with E-state index in [0.29, 0.717) is 5.02 Å². The van der Waals surface area contributed by atoms with Gasteiger partial charge in [-0.2, -0.15) is 0 Å². The molecule has 0 fully saturated rings. The van der Waals surface area contributed by atoms with E-state index in [0.717, 1.165) is 17.7 Å². The van der Waals surface area contributed by atoms with E-state index in [4.69, 9.17) is 11.6 Å². The van der Waals surface area contributed by atoms with Crippen LogP contribution < -0.4 is 5.32 Å². The van der Waals surface area contributed by atoms with Crippen LogP contribution in [0.25, 0.3) is 0 Å². The Kier molecular flexibility index (Phi) is 4.69. The maximum absolute atomic E-state index is 9.93. The minimum absolute atomic E-state index is 0.0269. The number of anilines is 1. The average Bonchev–Trinajstić information content (AvgIpc) is 2.46. The summed E-state index contributed by atoms with van der Waals surface area (Å²) in [7, 11) is 0. The van der Waals surface area contributed by atoms with Gasteiger partial charge in [-0.05, 0) is 37.1 Å². The van der Waals surface area contributed by atoms with Crippen molar-refractivity contribution in [2.45, 2.75) is 25.8 Å². The predicted molar refractivity (Wildman–Crippen MR) is 85.3 cm³/mol. The second-order valence-electron chi connectivity index (χ2n) is 5.10. The maximum Gasteiger partial charge on any atom is 0.0854 e. The van der Waals surface area contributed by atoms with Gasteiger partial charge in [0.25, 0.3) is 0 Å². The number of nitrogens with one attached hydrogen (secondary N) is 1. The fourth-order valence-electron chi connectivity index (χ4n) is 2.32. The number of hydrogen-bond donors (Lipinski definition) is 2. The summed E-state index contributed by atoms with van der Waals surface area (Å²) in [5, 5.41) is 14.1. The molecule has 1 atom stereocenters. The monoisotopic (exact) mass is 289 g/mol. The largest absolute Gasteiger partial charge is 0.394 e. The van der Waals surface area contributed by atoms with Crippen molar-refractivity contribution in [1.29, 1.82) is 0 Å². The van der Waals surface area contributed by atoms with E-state index in [1.807, 2.05) is 24.3 Å². The number of rotatable bonds is 5. The van der Waals surface area contributed by atoms with Crippen LogP contribution in [-0.2, 0) is 5.54 Å². The molecule has 0 aromatic heterocycles. The van der Waals surface area contributed by atoms with Crippen molar-refractivity contribution in [3.05, 3.63) is 64.7 Å². The van der Waals surface area contributed by atoms with Crippen LogP contribution >= 0.6 is 11.6 Å². The Morgan fingerprint density at radius 1 is 1.15 bits per heavy atom. The third-order valence-electron chi connectivity index (χ3n) is 3.69.